The third-order valence-corrected chi connectivity index (χ3v) is 9.04. The molecule has 0 bridgehead atoms. The van der Waals surface area contributed by atoms with Crippen molar-refractivity contribution in [3.8, 4) is 0 Å². The van der Waals surface area contributed by atoms with Crippen molar-refractivity contribution >= 4 is 21.7 Å². The summed E-state index contributed by atoms with van der Waals surface area (Å²) in [6.07, 6.45) is 1.72. The van der Waals surface area contributed by atoms with Crippen molar-refractivity contribution in [2.45, 2.75) is 84.6 Å². The number of sulfone groups is 1. The summed E-state index contributed by atoms with van der Waals surface area (Å²) < 4.78 is 24.2. The summed E-state index contributed by atoms with van der Waals surface area (Å²) in [6, 6.07) is 7.54. The summed E-state index contributed by atoms with van der Waals surface area (Å²) in [6.45, 7) is 14.4. The van der Waals surface area contributed by atoms with E-state index < -0.39 is 14.6 Å². The largest absolute Gasteiger partial charge is 0.342 e. The predicted molar refractivity (Wildman–Crippen MR) is 129 cm³/mol. The topological polar surface area (TPSA) is 74.8 Å². The van der Waals surface area contributed by atoms with Gasteiger partial charge in [0.2, 0.25) is 5.91 Å². The molecular formula is C25H40N2O4S. The molecule has 7 heteroatoms. The average molecular weight is 465 g/mol. The fourth-order valence-electron chi connectivity index (χ4n) is 4.18. The van der Waals surface area contributed by atoms with Crippen LogP contribution in [0.5, 0.6) is 0 Å². The number of hydrogen-bond donors (Lipinski definition) is 0. The number of rotatable bonds is 7. The number of hydrogen-bond acceptors (Lipinski definition) is 4. The van der Waals surface area contributed by atoms with Crippen LogP contribution >= 0.6 is 0 Å². The smallest absolute Gasteiger partial charge is 0.254 e. The van der Waals surface area contributed by atoms with Gasteiger partial charge in [-0.15, -0.1) is 0 Å². The van der Waals surface area contributed by atoms with Crippen LogP contribution in [-0.2, 0) is 21.1 Å². The van der Waals surface area contributed by atoms with Gasteiger partial charge in [0.05, 0.1) is 16.9 Å². The Labute approximate surface area is 194 Å². The molecular weight excluding hydrogens is 424 g/mol. The van der Waals surface area contributed by atoms with Gasteiger partial charge in [0.1, 0.15) is 0 Å². The predicted octanol–water partition coefficient (Wildman–Crippen LogP) is 3.94. The Morgan fingerprint density at radius 2 is 1.50 bits per heavy atom. The van der Waals surface area contributed by atoms with E-state index in [0.29, 0.717) is 31.5 Å². The van der Waals surface area contributed by atoms with Crippen molar-refractivity contribution < 1.29 is 18.0 Å². The van der Waals surface area contributed by atoms with Crippen LogP contribution in [-0.4, -0.2) is 65.7 Å². The second-order valence-electron chi connectivity index (χ2n) is 10.5. The van der Waals surface area contributed by atoms with Gasteiger partial charge in [-0.2, -0.15) is 0 Å². The summed E-state index contributed by atoms with van der Waals surface area (Å²) in [5.74, 6) is 0.350. The average Bonchev–Trinajstić information content (AvgIpc) is 2.67. The van der Waals surface area contributed by atoms with E-state index in [1.165, 1.54) is 0 Å². The maximum atomic E-state index is 12.8. The van der Waals surface area contributed by atoms with Crippen molar-refractivity contribution in [2.24, 2.45) is 5.92 Å². The minimum Gasteiger partial charge on any atom is -0.342 e. The number of carbonyl (C=O) groups excluding carboxylic acids is 2. The molecule has 1 aliphatic rings. The maximum Gasteiger partial charge on any atom is 0.254 e. The van der Waals surface area contributed by atoms with Gasteiger partial charge in [-0.3, -0.25) is 9.59 Å². The molecule has 6 nitrogen and oxygen atoms in total. The molecule has 0 unspecified atom stereocenters. The van der Waals surface area contributed by atoms with E-state index in [4.69, 9.17) is 0 Å². The lowest BCUT2D eigenvalue weighted by Gasteiger charge is -2.33. The molecule has 1 saturated heterocycles. The first-order valence-electron chi connectivity index (χ1n) is 11.6. The first kappa shape index (κ1) is 26.4. The van der Waals surface area contributed by atoms with Gasteiger partial charge in [0.15, 0.2) is 9.84 Å². The van der Waals surface area contributed by atoms with Gasteiger partial charge < -0.3 is 9.80 Å². The Bertz CT molecular complexity index is 883. The van der Waals surface area contributed by atoms with Crippen LogP contribution in [0.25, 0.3) is 0 Å². The summed E-state index contributed by atoms with van der Waals surface area (Å²) in [4.78, 5) is 29.2. The van der Waals surface area contributed by atoms with E-state index in [1.54, 1.807) is 32.9 Å². The minimum absolute atomic E-state index is 0.000146. The minimum atomic E-state index is -3.15. The van der Waals surface area contributed by atoms with Gasteiger partial charge in [0.25, 0.3) is 5.91 Å². The van der Waals surface area contributed by atoms with Crippen molar-refractivity contribution in [3.05, 3.63) is 35.4 Å². The molecule has 0 N–H and O–H groups in total. The van der Waals surface area contributed by atoms with Crippen molar-refractivity contribution in [1.29, 1.82) is 0 Å². The molecule has 32 heavy (non-hydrogen) atoms. The molecule has 0 atom stereocenters. The number of carbonyl (C=O) groups is 2. The van der Waals surface area contributed by atoms with Crippen LogP contribution in [0.2, 0.25) is 0 Å². The molecule has 2 rings (SSSR count). The van der Waals surface area contributed by atoms with Gasteiger partial charge >= 0.3 is 0 Å². The molecule has 0 spiro atoms. The maximum absolute atomic E-state index is 12.8. The zero-order valence-corrected chi connectivity index (χ0v) is 21.5. The monoisotopic (exact) mass is 464 g/mol. The second kappa shape index (κ2) is 10.4. The first-order chi connectivity index (χ1) is 14.7. The van der Waals surface area contributed by atoms with Crippen molar-refractivity contribution in [1.82, 2.24) is 9.80 Å². The summed E-state index contributed by atoms with van der Waals surface area (Å²) in [5, 5.41) is 0. The molecule has 1 aliphatic heterocycles. The third-order valence-electron chi connectivity index (χ3n) is 6.26. The standard InChI is InChI=1S/C25H40N2O4S/c1-18(2)27(19(3)4)24(29)22-10-8-20(9-11-22)16-23(28)26-14-12-21(13-15-26)17-32(30,31)25(5,6)7/h8-11,18-19,21H,12-17H2,1-7H3. The lowest BCUT2D eigenvalue weighted by molar-refractivity contribution is -0.131. The van der Waals surface area contributed by atoms with Crippen LogP contribution in [0, 0.1) is 5.92 Å². The van der Waals surface area contributed by atoms with E-state index in [2.05, 4.69) is 0 Å². The Morgan fingerprint density at radius 3 is 1.94 bits per heavy atom. The van der Waals surface area contributed by atoms with Gasteiger partial charge in [0, 0.05) is 30.7 Å². The molecule has 1 aromatic carbocycles. The normalized spacial score (nSPS) is 16.0. The lowest BCUT2D eigenvalue weighted by atomic mass is 9.98. The Kier molecular flexibility index (Phi) is 8.54. The molecule has 1 fully saturated rings. The van der Waals surface area contributed by atoms with Gasteiger partial charge in [-0.25, -0.2) is 8.42 Å². The highest BCUT2D eigenvalue weighted by atomic mass is 32.2. The molecule has 1 heterocycles. The lowest BCUT2D eigenvalue weighted by Crippen LogP contribution is -2.42. The van der Waals surface area contributed by atoms with E-state index >= 15 is 0 Å². The number of nitrogens with zero attached hydrogens (tertiary/aromatic N) is 2. The van der Waals surface area contributed by atoms with Crippen LogP contribution in [0.1, 0.15) is 77.2 Å². The molecule has 1 aromatic rings. The molecule has 0 radical (unpaired) electrons. The summed E-state index contributed by atoms with van der Waals surface area (Å²) in [7, 11) is -3.15. The van der Waals surface area contributed by atoms with Crippen molar-refractivity contribution in [2.75, 3.05) is 18.8 Å². The summed E-state index contributed by atoms with van der Waals surface area (Å²) >= 11 is 0. The van der Waals surface area contributed by atoms with Crippen LogP contribution in [0.4, 0.5) is 0 Å². The first-order valence-corrected chi connectivity index (χ1v) is 13.3. The third kappa shape index (κ3) is 6.56. The molecule has 0 aliphatic carbocycles. The molecule has 180 valence electrons. The number of piperidine rings is 1. The number of benzene rings is 1. The Morgan fingerprint density at radius 1 is 1.00 bits per heavy atom. The highest BCUT2D eigenvalue weighted by Crippen LogP contribution is 2.25. The number of amides is 2. The zero-order chi connectivity index (χ0) is 24.3. The van der Waals surface area contributed by atoms with E-state index in [9.17, 15) is 18.0 Å². The highest BCUT2D eigenvalue weighted by molar-refractivity contribution is 7.92. The fraction of sp³-hybridized carbons (Fsp3) is 0.680. The fourth-order valence-corrected chi connectivity index (χ4v) is 5.63. The van der Waals surface area contributed by atoms with E-state index in [-0.39, 0.29) is 42.0 Å². The SMILES string of the molecule is CC(C)N(C(=O)c1ccc(CC(=O)N2CCC(CS(=O)(=O)C(C)(C)C)CC2)cc1)C(C)C. The second-order valence-corrected chi connectivity index (χ2v) is 13.3. The molecule has 0 saturated carbocycles. The van der Waals surface area contributed by atoms with Crippen LogP contribution in [0.3, 0.4) is 0 Å². The van der Waals surface area contributed by atoms with Gasteiger partial charge in [-0.05, 0) is 84.9 Å². The van der Waals surface area contributed by atoms with E-state index in [1.807, 2.05) is 49.6 Å². The van der Waals surface area contributed by atoms with Gasteiger partial charge in [-0.1, -0.05) is 12.1 Å². The van der Waals surface area contributed by atoms with Crippen LogP contribution < -0.4 is 0 Å². The zero-order valence-electron chi connectivity index (χ0n) is 20.7. The Balaban J connectivity index is 1.92. The van der Waals surface area contributed by atoms with E-state index in [0.717, 1.165) is 5.56 Å². The Hall–Kier alpha value is -1.89. The van der Waals surface area contributed by atoms with Crippen LogP contribution in [0.15, 0.2) is 24.3 Å². The molecule has 2 amide bonds. The highest BCUT2D eigenvalue weighted by Gasteiger charge is 2.33. The molecule has 0 aromatic heterocycles. The quantitative estimate of drug-likeness (QED) is 0.613. The summed E-state index contributed by atoms with van der Waals surface area (Å²) in [5.41, 5.74) is 1.51. The van der Waals surface area contributed by atoms with Crippen molar-refractivity contribution in [3.63, 3.8) is 0 Å². The number of likely N-dealkylation sites (tertiary alicyclic amines) is 1.